The minimum atomic E-state index is -0.945. The minimum Gasteiger partial charge on any atom is -0.379 e. The SMILES string of the molecule is C=C(C(=O)N(C)[C@@H](CC(C)(C)OC)C(=O)N[C@H](C(=O)NC)C(C)C)N(C)C(=O)CCC. The highest BCUT2D eigenvalue weighted by molar-refractivity contribution is 5.99. The van der Waals surface area contributed by atoms with Gasteiger partial charge in [-0.25, -0.2) is 0 Å². The lowest BCUT2D eigenvalue weighted by atomic mass is 9.95. The Labute approximate surface area is 186 Å². The van der Waals surface area contributed by atoms with E-state index in [1.807, 2.05) is 20.8 Å². The first kappa shape index (κ1) is 28.6. The summed E-state index contributed by atoms with van der Waals surface area (Å²) in [5, 5.41) is 5.29. The van der Waals surface area contributed by atoms with Gasteiger partial charge in [-0.1, -0.05) is 27.4 Å². The van der Waals surface area contributed by atoms with Crippen molar-refractivity contribution in [2.45, 2.75) is 71.6 Å². The number of nitrogens with one attached hydrogen (secondary N) is 2. The second-order valence-corrected chi connectivity index (χ2v) is 8.59. The van der Waals surface area contributed by atoms with Crippen molar-refractivity contribution in [3.63, 3.8) is 0 Å². The molecular formula is C22H40N4O5. The fraction of sp³-hybridized carbons (Fsp3) is 0.727. The van der Waals surface area contributed by atoms with E-state index >= 15 is 0 Å². The average molecular weight is 441 g/mol. The maximum absolute atomic E-state index is 13.2. The summed E-state index contributed by atoms with van der Waals surface area (Å²) in [5.74, 6) is -1.75. The number of ether oxygens (including phenoxy) is 1. The van der Waals surface area contributed by atoms with E-state index in [1.165, 1.54) is 38.1 Å². The van der Waals surface area contributed by atoms with E-state index < -0.39 is 29.5 Å². The standard InChI is InChI=1S/C22H40N4O5/c1-11-12-17(27)25(8)15(4)21(30)26(9)16(13-22(5,6)31-10)19(28)24-18(14(2)3)20(29)23-7/h14,16,18H,4,11-13H2,1-3,5-10H3,(H,23,29)(H,24,28)/t16-,18-/m0/s1. The normalized spacial score (nSPS) is 13.2. The maximum Gasteiger partial charge on any atom is 0.270 e. The van der Waals surface area contributed by atoms with Crippen molar-refractivity contribution in [1.29, 1.82) is 0 Å². The van der Waals surface area contributed by atoms with Gasteiger partial charge in [0, 0.05) is 41.1 Å². The Morgan fingerprint density at radius 3 is 2.06 bits per heavy atom. The van der Waals surface area contributed by atoms with E-state index in [9.17, 15) is 19.2 Å². The maximum atomic E-state index is 13.2. The molecule has 0 unspecified atom stereocenters. The molecule has 0 spiro atoms. The van der Waals surface area contributed by atoms with Gasteiger partial charge in [0.1, 0.15) is 17.8 Å². The summed E-state index contributed by atoms with van der Waals surface area (Å²) < 4.78 is 5.46. The molecule has 0 saturated heterocycles. The van der Waals surface area contributed by atoms with Gasteiger partial charge in [0.25, 0.3) is 5.91 Å². The van der Waals surface area contributed by atoms with Crippen LogP contribution in [0.2, 0.25) is 0 Å². The fourth-order valence-corrected chi connectivity index (χ4v) is 2.92. The monoisotopic (exact) mass is 440 g/mol. The summed E-state index contributed by atoms with van der Waals surface area (Å²) in [4.78, 5) is 53.1. The first-order chi connectivity index (χ1) is 14.2. The molecule has 9 nitrogen and oxygen atoms in total. The summed E-state index contributed by atoms with van der Waals surface area (Å²) in [5.41, 5.74) is -0.747. The van der Waals surface area contributed by atoms with Crippen LogP contribution in [0.3, 0.4) is 0 Å². The molecule has 0 fully saturated rings. The van der Waals surface area contributed by atoms with Crippen molar-refractivity contribution in [1.82, 2.24) is 20.4 Å². The molecule has 0 aliphatic heterocycles. The molecule has 178 valence electrons. The zero-order valence-electron chi connectivity index (χ0n) is 20.5. The van der Waals surface area contributed by atoms with Gasteiger partial charge in [0.15, 0.2) is 0 Å². The van der Waals surface area contributed by atoms with Gasteiger partial charge in [-0.3, -0.25) is 19.2 Å². The molecule has 0 rings (SSSR count). The van der Waals surface area contributed by atoms with Gasteiger partial charge in [-0.05, 0) is 26.2 Å². The Balaban J connectivity index is 5.82. The highest BCUT2D eigenvalue weighted by Crippen LogP contribution is 2.21. The Kier molecular flexibility index (Phi) is 11.5. The molecule has 0 aliphatic rings. The molecule has 0 bridgehead atoms. The van der Waals surface area contributed by atoms with E-state index in [-0.39, 0.29) is 36.3 Å². The Hall–Kier alpha value is -2.42. The number of amides is 4. The molecule has 0 aromatic carbocycles. The van der Waals surface area contributed by atoms with Crippen LogP contribution in [-0.4, -0.2) is 79.4 Å². The van der Waals surface area contributed by atoms with E-state index in [2.05, 4.69) is 17.2 Å². The number of likely N-dealkylation sites (N-methyl/N-ethyl adjacent to an activating group) is 3. The molecule has 0 radical (unpaired) electrons. The van der Waals surface area contributed by atoms with E-state index in [0.29, 0.717) is 6.42 Å². The van der Waals surface area contributed by atoms with Crippen molar-refractivity contribution in [2.75, 3.05) is 28.3 Å². The highest BCUT2D eigenvalue weighted by atomic mass is 16.5. The van der Waals surface area contributed by atoms with Gasteiger partial charge < -0.3 is 25.2 Å². The fourth-order valence-electron chi connectivity index (χ4n) is 2.92. The molecule has 0 aromatic rings. The van der Waals surface area contributed by atoms with Crippen LogP contribution < -0.4 is 10.6 Å². The molecule has 2 atom stereocenters. The third kappa shape index (κ3) is 8.32. The van der Waals surface area contributed by atoms with Crippen LogP contribution in [0.5, 0.6) is 0 Å². The van der Waals surface area contributed by atoms with Crippen LogP contribution in [0.15, 0.2) is 12.3 Å². The molecule has 0 saturated carbocycles. The smallest absolute Gasteiger partial charge is 0.270 e. The van der Waals surface area contributed by atoms with Crippen LogP contribution >= 0.6 is 0 Å². The zero-order valence-corrected chi connectivity index (χ0v) is 20.5. The summed E-state index contributed by atoms with van der Waals surface area (Å²) in [6, 6.07) is -1.70. The molecule has 31 heavy (non-hydrogen) atoms. The quantitative estimate of drug-likeness (QED) is 0.445. The molecule has 0 aromatic heterocycles. The largest absolute Gasteiger partial charge is 0.379 e. The van der Waals surface area contributed by atoms with E-state index in [4.69, 9.17) is 4.74 Å². The first-order valence-electron chi connectivity index (χ1n) is 10.5. The predicted molar refractivity (Wildman–Crippen MR) is 120 cm³/mol. The number of carbonyl (C=O) groups excluding carboxylic acids is 4. The van der Waals surface area contributed by atoms with Crippen molar-refractivity contribution < 1.29 is 23.9 Å². The Bertz CT molecular complexity index is 675. The summed E-state index contributed by atoms with van der Waals surface area (Å²) in [6.45, 7) is 12.9. The topological polar surface area (TPSA) is 108 Å². The van der Waals surface area contributed by atoms with Crippen molar-refractivity contribution in [2.24, 2.45) is 5.92 Å². The Morgan fingerprint density at radius 2 is 1.65 bits per heavy atom. The van der Waals surface area contributed by atoms with Crippen LogP contribution in [0, 0.1) is 5.92 Å². The zero-order chi connectivity index (χ0) is 24.5. The van der Waals surface area contributed by atoms with Crippen LogP contribution in [0.4, 0.5) is 0 Å². The molecule has 0 heterocycles. The molecule has 2 N–H and O–H groups in total. The third-order valence-electron chi connectivity index (χ3n) is 5.31. The van der Waals surface area contributed by atoms with Gasteiger partial charge in [0.2, 0.25) is 17.7 Å². The minimum absolute atomic E-state index is 0.0271. The number of nitrogens with zero attached hydrogens (tertiary/aromatic N) is 2. The lowest BCUT2D eigenvalue weighted by Gasteiger charge is -2.35. The third-order valence-corrected chi connectivity index (χ3v) is 5.31. The molecule has 4 amide bonds. The van der Waals surface area contributed by atoms with E-state index in [0.717, 1.165) is 0 Å². The van der Waals surface area contributed by atoms with Crippen molar-refractivity contribution in [3.05, 3.63) is 12.3 Å². The summed E-state index contributed by atoms with van der Waals surface area (Å²) >= 11 is 0. The van der Waals surface area contributed by atoms with Gasteiger partial charge >= 0.3 is 0 Å². The van der Waals surface area contributed by atoms with Gasteiger partial charge in [-0.2, -0.15) is 0 Å². The number of hydrogen-bond donors (Lipinski definition) is 2. The second-order valence-electron chi connectivity index (χ2n) is 8.59. The number of methoxy groups -OCH3 is 1. The lowest BCUT2D eigenvalue weighted by molar-refractivity contribution is -0.142. The number of rotatable bonds is 12. The highest BCUT2D eigenvalue weighted by Gasteiger charge is 2.37. The number of hydrogen-bond acceptors (Lipinski definition) is 5. The molecular weight excluding hydrogens is 400 g/mol. The predicted octanol–water partition coefficient (Wildman–Crippen LogP) is 1.29. The average Bonchev–Trinajstić information content (AvgIpc) is 2.72. The second kappa shape index (κ2) is 12.4. The first-order valence-corrected chi connectivity index (χ1v) is 10.5. The van der Waals surface area contributed by atoms with E-state index in [1.54, 1.807) is 13.8 Å². The Morgan fingerprint density at radius 1 is 1.10 bits per heavy atom. The summed E-state index contributed by atoms with van der Waals surface area (Å²) in [6.07, 6.45) is 1.11. The lowest BCUT2D eigenvalue weighted by Crippen LogP contribution is -2.57. The van der Waals surface area contributed by atoms with Gasteiger partial charge in [0.05, 0.1) is 5.60 Å². The van der Waals surface area contributed by atoms with Crippen molar-refractivity contribution >= 4 is 23.6 Å². The van der Waals surface area contributed by atoms with Crippen LogP contribution in [0.1, 0.15) is 53.9 Å². The van der Waals surface area contributed by atoms with Crippen molar-refractivity contribution in [3.8, 4) is 0 Å². The number of carbonyl (C=O) groups is 4. The van der Waals surface area contributed by atoms with Gasteiger partial charge in [-0.15, -0.1) is 0 Å². The van der Waals surface area contributed by atoms with Crippen LogP contribution in [0.25, 0.3) is 0 Å². The summed E-state index contributed by atoms with van der Waals surface area (Å²) in [7, 11) is 5.99. The van der Waals surface area contributed by atoms with Crippen LogP contribution in [-0.2, 0) is 23.9 Å². The molecule has 9 heteroatoms. The molecule has 0 aliphatic carbocycles.